The van der Waals surface area contributed by atoms with Crippen molar-refractivity contribution in [2.45, 2.75) is 12.1 Å². The third kappa shape index (κ3) is 3.48. The number of benzene rings is 1. The second-order valence-corrected chi connectivity index (χ2v) is 4.98. The van der Waals surface area contributed by atoms with Crippen LogP contribution in [0.3, 0.4) is 0 Å². The highest BCUT2D eigenvalue weighted by molar-refractivity contribution is 7.99. The average Bonchev–Trinajstić information content (AvgIpc) is 2.76. The molecule has 0 saturated carbocycles. The molecule has 0 aliphatic rings. The summed E-state index contributed by atoms with van der Waals surface area (Å²) in [5.41, 5.74) is 0.635. The highest BCUT2D eigenvalue weighted by Gasteiger charge is 2.04. The van der Waals surface area contributed by atoms with Crippen LogP contribution in [0.2, 0.25) is 0 Å². The molecule has 1 aromatic carbocycles. The summed E-state index contributed by atoms with van der Waals surface area (Å²) in [6, 6.07) is 9.17. The van der Waals surface area contributed by atoms with E-state index in [1.54, 1.807) is 36.0 Å². The van der Waals surface area contributed by atoms with Crippen molar-refractivity contribution in [2.75, 3.05) is 12.4 Å². The summed E-state index contributed by atoms with van der Waals surface area (Å²) in [7, 11) is 1.94. The van der Waals surface area contributed by atoms with Crippen LogP contribution >= 0.6 is 11.8 Å². The average molecular weight is 274 g/mol. The Kier molecular flexibility index (Phi) is 4.42. The van der Waals surface area contributed by atoms with E-state index in [9.17, 15) is 0 Å². The third-order valence-electron chi connectivity index (χ3n) is 2.62. The highest BCUT2D eigenvalue weighted by Crippen LogP contribution is 2.16. The minimum absolute atomic E-state index is 0.586. The zero-order valence-corrected chi connectivity index (χ0v) is 11.6. The molecule has 0 fully saturated rings. The molecule has 1 aromatic heterocycles. The Morgan fingerprint density at radius 1 is 1.32 bits per heavy atom. The van der Waals surface area contributed by atoms with Crippen LogP contribution in [0.4, 0.5) is 0 Å². The lowest BCUT2D eigenvalue weighted by Crippen LogP contribution is -2.02. The first-order valence-corrected chi connectivity index (χ1v) is 6.81. The number of thioether (sulfide) groups is 1. The van der Waals surface area contributed by atoms with Crippen molar-refractivity contribution in [2.24, 2.45) is 7.05 Å². The summed E-state index contributed by atoms with van der Waals surface area (Å²) in [5.74, 6) is 2.47. The largest absolute Gasteiger partial charge is 0.493 e. The van der Waals surface area contributed by atoms with Gasteiger partial charge in [0.2, 0.25) is 0 Å². The Bertz CT molecular complexity index is 586. The Hall–Kier alpha value is -2.00. The molecule has 0 spiro atoms. The second-order valence-electron chi connectivity index (χ2n) is 3.92. The molecule has 0 saturated heterocycles. The van der Waals surface area contributed by atoms with Gasteiger partial charge in [-0.3, -0.25) is 0 Å². The summed E-state index contributed by atoms with van der Waals surface area (Å²) >= 11 is 1.61. The highest BCUT2D eigenvalue weighted by atomic mass is 32.2. The minimum Gasteiger partial charge on any atom is -0.493 e. The Labute approximate surface area is 116 Å². The number of hydrogen-bond acceptors (Lipinski definition) is 5. The molecule has 0 unspecified atom stereocenters. The van der Waals surface area contributed by atoms with E-state index in [1.165, 1.54) is 0 Å². The Morgan fingerprint density at radius 2 is 2.05 bits per heavy atom. The van der Waals surface area contributed by atoms with Crippen LogP contribution in [-0.2, 0) is 7.05 Å². The van der Waals surface area contributed by atoms with E-state index in [0.717, 1.165) is 22.5 Å². The number of rotatable bonds is 5. The van der Waals surface area contributed by atoms with Gasteiger partial charge < -0.3 is 9.30 Å². The van der Waals surface area contributed by atoms with Crippen molar-refractivity contribution in [3.05, 3.63) is 35.7 Å². The number of nitrogens with zero attached hydrogens (tertiary/aromatic N) is 4. The van der Waals surface area contributed by atoms with Gasteiger partial charge in [-0.25, -0.2) is 0 Å². The minimum atomic E-state index is 0.586. The summed E-state index contributed by atoms with van der Waals surface area (Å²) in [6.45, 7) is 2.51. The zero-order valence-electron chi connectivity index (χ0n) is 10.8. The van der Waals surface area contributed by atoms with Crippen LogP contribution in [0.1, 0.15) is 11.4 Å². The van der Waals surface area contributed by atoms with Gasteiger partial charge in [0.25, 0.3) is 0 Å². The topological polar surface area (TPSA) is 63.7 Å². The molecule has 2 aromatic rings. The van der Waals surface area contributed by atoms with E-state index >= 15 is 0 Å². The standard InChI is InChI=1S/C13H14N4OS/c1-10-15-16-13(17(10)2)19-8-7-18-12-5-3-11(9-14)4-6-12/h3-6H,7-8H2,1-2H3. The molecule has 98 valence electrons. The Morgan fingerprint density at radius 3 is 2.63 bits per heavy atom. The molecule has 1 heterocycles. The van der Waals surface area contributed by atoms with Gasteiger partial charge in [-0.1, -0.05) is 11.8 Å². The summed E-state index contributed by atoms with van der Waals surface area (Å²) in [6.07, 6.45) is 0. The maximum absolute atomic E-state index is 8.69. The predicted molar refractivity (Wildman–Crippen MR) is 73.1 cm³/mol. The first-order chi connectivity index (χ1) is 9.20. The van der Waals surface area contributed by atoms with Crippen molar-refractivity contribution in [3.63, 3.8) is 0 Å². The fourth-order valence-electron chi connectivity index (χ4n) is 1.43. The molecular formula is C13H14N4OS. The summed E-state index contributed by atoms with van der Waals surface area (Å²) < 4.78 is 7.54. The SMILES string of the molecule is Cc1nnc(SCCOc2ccc(C#N)cc2)n1C. The van der Waals surface area contributed by atoms with Crippen LogP contribution in [0.25, 0.3) is 0 Å². The van der Waals surface area contributed by atoms with Gasteiger partial charge in [-0.2, -0.15) is 5.26 Å². The van der Waals surface area contributed by atoms with Crippen LogP contribution in [-0.4, -0.2) is 27.1 Å². The molecule has 0 bridgehead atoms. The van der Waals surface area contributed by atoms with Gasteiger partial charge in [0, 0.05) is 12.8 Å². The Balaban J connectivity index is 1.77. The molecule has 0 atom stereocenters. The zero-order chi connectivity index (χ0) is 13.7. The summed E-state index contributed by atoms with van der Waals surface area (Å²) in [5, 5.41) is 17.6. The number of nitriles is 1. The lowest BCUT2D eigenvalue weighted by molar-refractivity contribution is 0.344. The quantitative estimate of drug-likeness (QED) is 0.617. The lowest BCUT2D eigenvalue weighted by atomic mass is 10.2. The molecular weight excluding hydrogens is 260 g/mol. The summed E-state index contributed by atoms with van der Waals surface area (Å²) in [4.78, 5) is 0. The maximum atomic E-state index is 8.69. The van der Waals surface area contributed by atoms with Crippen molar-refractivity contribution < 1.29 is 4.74 Å². The monoisotopic (exact) mass is 274 g/mol. The van der Waals surface area contributed by atoms with Crippen LogP contribution < -0.4 is 4.74 Å². The van der Waals surface area contributed by atoms with Crippen molar-refractivity contribution in [3.8, 4) is 11.8 Å². The first kappa shape index (κ1) is 13.4. The van der Waals surface area contributed by atoms with Crippen LogP contribution in [0.5, 0.6) is 5.75 Å². The van der Waals surface area contributed by atoms with Crippen molar-refractivity contribution in [1.29, 1.82) is 5.26 Å². The molecule has 5 nitrogen and oxygen atoms in total. The van der Waals surface area contributed by atoms with Gasteiger partial charge in [-0.15, -0.1) is 10.2 Å². The van der Waals surface area contributed by atoms with E-state index in [-0.39, 0.29) is 0 Å². The van der Waals surface area contributed by atoms with Gasteiger partial charge in [0.05, 0.1) is 18.2 Å². The molecule has 0 amide bonds. The second kappa shape index (κ2) is 6.25. The van der Waals surface area contributed by atoms with E-state index in [4.69, 9.17) is 10.00 Å². The van der Waals surface area contributed by atoms with Gasteiger partial charge >= 0.3 is 0 Å². The van der Waals surface area contributed by atoms with Gasteiger partial charge in [-0.05, 0) is 31.2 Å². The molecule has 19 heavy (non-hydrogen) atoms. The van der Waals surface area contributed by atoms with Gasteiger partial charge in [0.15, 0.2) is 5.16 Å². The van der Waals surface area contributed by atoms with Crippen LogP contribution in [0.15, 0.2) is 29.4 Å². The maximum Gasteiger partial charge on any atom is 0.191 e. The van der Waals surface area contributed by atoms with E-state index in [0.29, 0.717) is 12.2 Å². The van der Waals surface area contributed by atoms with E-state index in [1.807, 2.05) is 18.5 Å². The third-order valence-corrected chi connectivity index (χ3v) is 3.60. The molecule has 0 aliphatic heterocycles. The van der Waals surface area contributed by atoms with Crippen molar-refractivity contribution >= 4 is 11.8 Å². The van der Waals surface area contributed by atoms with Crippen molar-refractivity contribution in [1.82, 2.24) is 14.8 Å². The number of aryl methyl sites for hydroxylation is 1. The lowest BCUT2D eigenvalue weighted by Gasteiger charge is -2.05. The van der Waals surface area contributed by atoms with E-state index in [2.05, 4.69) is 16.3 Å². The number of hydrogen-bond donors (Lipinski definition) is 0. The van der Waals surface area contributed by atoms with Crippen LogP contribution in [0, 0.1) is 18.3 Å². The number of ether oxygens (including phenoxy) is 1. The fraction of sp³-hybridized carbons (Fsp3) is 0.308. The predicted octanol–water partition coefficient (Wildman–Crippen LogP) is 2.17. The first-order valence-electron chi connectivity index (χ1n) is 5.82. The molecule has 0 aliphatic carbocycles. The normalized spacial score (nSPS) is 10.2. The number of aromatic nitrogens is 3. The van der Waals surface area contributed by atoms with E-state index < -0.39 is 0 Å². The fourth-order valence-corrected chi connectivity index (χ4v) is 2.21. The molecule has 6 heteroatoms. The molecule has 2 rings (SSSR count). The molecule has 0 N–H and O–H groups in total. The molecule has 0 radical (unpaired) electrons. The smallest absolute Gasteiger partial charge is 0.191 e. The van der Waals surface area contributed by atoms with Gasteiger partial charge in [0.1, 0.15) is 11.6 Å².